The second-order valence-corrected chi connectivity index (χ2v) is 3.81. The van der Waals surface area contributed by atoms with Gasteiger partial charge in [0, 0.05) is 6.42 Å². The van der Waals surface area contributed by atoms with E-state index in [1.54, 1.807) is 0 Å². The maximum atomic E-state index is 11.2. The summed E-state index contributed by atoms with van der Waals surface area (Å²) in [5.41, 5.74) is 0. The smallest absolute Gasteiger partial charge is 0.313 e. The molecule has 1 aliphatic rings. The lowest BCUT2D eigenvalue weighted by Crippen LogP contribution is -2.12. The van der Waals surface area contributed by atoms with Gasteiger partial charge in [-0.05, 0) is 12.8 Å². The van der Waals surface area contributed by atoms with Crippen LogP contribution in [-0.2, 0) is 14.3 Å². The topological polar surface area (TPSA) is 43.4 Å². The first-order chi connectivity index (χ1) is 6.79. The third kappa shape index (κ3) is 5.00. The number of carbonyl (C=O) groups excluding carboxylic acids is 2. The molecule has 0 spiro atoms. The highest BCUT2D eigenvalue weighted by Gasteiger charge is 2.10. The van der Waals surface area contributed by atoms with Crippen LogP contribution in [0.25, 0.3) is 0 Å². The number of cyclic esters (lactones) is 1. The van der Waals surface area contributed by atoms with Gasteiger partial charge in [0.25, 0.3) is 0 Å². The molecule has 0 saturated carbocycles. The lowest BCUT2D eigenvalue weighted by Gasteiger charge is -2.06. The van der Waals surface area contributed by atoms with Crippen molar-refractivity contribution in [2.75, 3.05) is 6.61 Å². The lowest BCUT2D eigenvalue weighted by molar-refractivity contribution is -0.146. The first-order valence-corrected chi connectivity index (χ1v) is 5.46. The van der Waals surface area contributed by atoms with Crippen LogP contribution in [0.1, 0.15) is 51.4 Å². The maximum Gasteiger partial charge on any atom is 0.313 e. The van der Waals surface area contributed by atoms with Crippen LogP contribution in [0.2, 0.25) is 0 Å². The fraction of sp³-hybridized carbons (Fsp3) is 0.818. The number of rotatable bonds is 0. The summed E-state index contributed by atoms with van der Waals surface area (Å²) in [6, 6.07) is 0. The number of esters is 1. The number of hydrogen-bond acceptors (Lipinski definition) is 3. The van der Waals surface area contributed by atoms with Crippen LogP contribution in [-0.4, -0.2) is 18.4 Å². The van der Waals surface area contributed by atoms with E-state index >= 15 is 0 Å². The van der Waals surface area contributed by atoms with Crippen LogP contribution in [0.5, 0.6) is 0 Å². The zero-order chi connectivity index (χ0) is 10.2. The zero-order valence-electron chi connectivity index (χ0n) is 8.59. The van der Waals surface area contributed by atoms with E-state index < -0.39 is 0 Å². The average molecular weight is 198 g/mol. The normalized spacial score (nSPS) is 22.0. The molecular weight excluding hydrogens is 180 g/mol. The van der Waals surface area contributed by atoms with Crippen LogP contribution < -0.4 is 0 Å². The molecule has 1 heterocycles. The molecule has 14 heavy (non-hydrogen) atoms. The van der Waals surface area contributed by atoms with Crippen molar-refractivity contribution in [2.45, 2.75) is 51.4 Å². The van der Waals surface area contributed by atoms with Crippen LogP contribution in [0.3, 0.4) is 0 Å². The molecule has 80 valence electrons. The molecule has 1 rings (SSSR count). The second kappa shape index (κ2) is 6.57. The Morgan fingerprint density at radius 3 is 2.29 bits per heavy atom. The molecule has 0 aliphatic carbocycles. The van der Waals surface area contributed by atoms with Crippen molar-refractivity contribution in [2.24, 2.45) is 0 Å². The van der Waals surface area contributed by atoms with Crippen molar-refractivity contribution in [3.05, 3.63) is 0 Å². The number of Topliss-reactive ketones (excluding diaryl/α,β-unsaturated/α-hetero) is 1. The van der Waals surface area contributed by atoms with E-state index in [-0.39, 0.29) is 18.2 Å². The predicted molar refractivity (Wildman–Crippen MR) is 52.9 cm³/mol. The molecule has 0 atom stereocenters. The van der Waals surface area contributed by atoms with Gasteiger partial charge in [0.1, 0.15) is 12.2 Å². The van der Waals surface area contributed by atoms with Crippen molar-refractivity contribution < 1.29 is 14.3 Å². The quantitative estimate of drug-likeness (QED) is 0.443. The minimum atomic E-state index is -0.351. The van der Waals surface area contributed by atoms with Crippen LogP contribution in [0.4, 0.5) is 0 Å². The van der Waals surface area contributed by atoms with Gasteiger partial charge in [0.15, 0.2) is 0 Å². The van der Waals surface area contributed by atoms with E-state index in [1.807, 2.05) is 0 Å². The van der Waals surface area contributed by atoms with Crippen molar-refractivity contribution >= 4 is 11.8 Å². The van der Waals surface area contributed by atoms with E-state index in [4.69, 9.17) is 4.74 Å². The largest absolute Gasteiger partial charge is 0.465 e. The van der Waals surface area contributed by atoms with E-state index in [9.17, 15) is 9.59 Å². The third-order valence-electron chi connectivity index (χ3n) is 2.45. The summed E-state index contributed by atoms with van der Waals surface area (Å²) in [6.45, 7) is 0.478. The molecule has 1 saturated heterocycles. The van der Waals surface area contributed by atoms with Gasteiger partial charge in [-0.2, -0.15) is 0 Å². The first-order valence-electron chi connectivity index (χ1n) is 5.46. The fourth-order valence-electron chi connectivity index (χ4n) is 1.62. The number of ether oxygens (including phenoxy) is 1. The molecule has 0 radical (unpaired) electrons. The van der Waals surface area contributed by atoms with E-state index in [1.165, 1.54) is 12.8 Å². The molecule has 0 aromatic heterocycles. The highest BCUT2D eigenvalue weighted by atomic mass is 16.5. The van der Waals surface area contributed by atoms with Gasteiger partial charge < -0.3 is 4.74 Å². The van der Waals surface area contributed by atoms with Gasteiger partial charge in [-0.3, -0.25) is 9.59 Å². The summed E-state index contributed by atoms with van der Waals surface area (Å²) in [5, 5.41) is 0. The Morgan fingerprint density at radius 1 is 0.857 bits per heavy atom. The van der Waals surface area contributed by atoms with Crippen molar-refractivity contribution in [3.63, 3.8) is 0 Å². The Balaban J connectivity index is 2.30. The standard InChI is InChI=1S/C11H18O3/c12-10-7-5-3-1-2-4-6-8-14-11(13)9-10/h1-9H2. The summed E-state index contributed by atoms with van der Waals surface area (Å²) in [7, 11) is 0. The van der Waals surface area contributed by atoms with Crippen molar-refractivity contribution in [3.8, 4) is 0 Å². The van der Waals surface area contributed by atoms with Gasteiger partial charge >= 0.3 is 5.97 Å². The molecule has 0 bridgehead atoms. The summed E-state index contributed by atoms with van der Waals surface area (Å²) in [5.74, 6) is -0.328. The van der Waals surface area contributed by atoms with Crippen molar-refractivity contribution in [1.82, 2.24) is 0 Å². The van der Waals surface area contributed by atoms with Crippen molar-refractivity contribution in [1.29, 1.82) is 0 Å². The molecule has 3 heteroatoms. The molecule has 1 fully saturated rings. The molecule has 0 unspecified atom stereocenters. The Hall–Kier alpha value is -0.860. The highest BCUT2D eigenvalue weighted by Crippen LogP contribution is 2.10. The van der Waals surface area contributed by atoms with Crippen LogP contribution in [0, 0.1) is 0 Å². The first kappa shape index (κ1) is 11.2. The maximum absolute atomic E-state index is 11.2. The lowest BCUT2D eigenvalue weighted by atomic mass is 10.1. The zero-order valence-corrected chi connectivity index (χ0v) is 8.59. The number of carbonyl (C=O) groups is 2. The van der Waals surface area contributed by atoms with Gasteiger partial charge in [-0.1, -0.05) is 25.7 Å². The molecule has 0 N–H and O–H groups in total. The van der Waals surface area contributed by atoms with E-state index in [0.29, 0.717) is 13.0 Å². The Labute approximate surface area is 84.8 Å². The Morgan fingerprint density at radius 2 is 1.50 bits per heavy atom. The number of ketones is 1. The van der Waals surface area contributed by atoms with Gasteiger partial charge in [-0.25, -0.2) is 0 Å². The summed E-state index contributed by atoms with van der Waals surface area (Å²) in [4.78, 5) is 22.3. The van der Waals surface area contributed by atoms with E-state index in [0.717, 1.165) is 25.7 Å². The third-order valence-corrected chi connectivity index (χ3v) is 2.45. The second-order valence-electron chi connectivity index (χ2n) is 3.81. The van der Waals surface area contributed by atoms with Gasteiger partial charge in [0.05, 0.1) is 6.61 Å². The van der Waals surface area contributed by atoms with Crippen LogP contribution >= 0.6 is 0 Å². The van der Waals surface area contributed by atoms with Crippen LogP contribution in [0.15, 0.2) is 0 Å². The predicted octanol–water partition coefficient (Wildman–Crippen LogP) is 2.23. The molecule has 0 aromatic carbocycles. The summed E-state index contributed by atoms with van der Waals surface area (Å²) in [6.07, 6.45) is 6.98. The molecule has 0 aromatic rings. The minimum absolute atomic E-state index is 0.0237. The average Bonchev–Trinajstić information content (AvgIpc) is 2.13. The highest BCUT2D eigenvalue weighted by molar-refractivity contribution is 5.95. The SMILES string of the molecule is O=C1CCCCCCCCOC(=O)C1. The fourth-order valence-corrected chi connectivity index (χ4v) is 1.62. The Bertz CT molecular complexity index is 179. The van der Waals surface area contributed by atoms with E-state index in [2.05, 4.69) is 0 Å². The monoisotopic (exact) mass is 198 g/mol. The Kier molecular flexibility index (Phi) is 5.27. The molecule has 1 aliphatic heterocycles. The summed E-state index contributed by atoms with van der Waals surface area (Å²) >= 11 is 0. The molecule has 0 amide bonds. The minimum Gasteiger partial charge on any atom is -0.465 e. The molecular formula is C11H18O3. The van der Waals surface area contributed by atoms with Gasteiger partial charge in [0.2, 0.25) is 0 Å². The summed E-state index contributed by atoms with van der Waals surface area (Å²) < 4.78 is 4.93. The number of hydrogen-bond donors (Lipinski definition) is 0. The van der Waals surface area contributed by atoms with Gasteiger partial charge in [-0.15, -0.1) is 0 Å². The molecule has 3 nitrogen and oxygen atoms in total.